The molecule has 0 aliphatic carbocycles. The highest BCUT2D eigenvalue weighted by Gasteiger charge is 2.10. The van der Waals surface area contributed by atoms with E-state index >= 15 is 0 Å². The third-order valence-corrected chi connectivity index (χ3v) is 2.87. The summed E-state index contributed by atoms with van der Waals surface area (Å²) in [5.41, 5.74) is 0.000730. The molecule has 112 valence electrons. The van der Waals surface area contributed by atoms with Gasteiger partial charge in [-0.25, -0.2) is 18.6 Å². The summed E-state index contributed by atoms with van der Waals surface area (Å²) in [6.07, 6.45) is 0. The molecule has 0 fully saturated rings. The number of H-pyrrole nitrogens is 1. The van der Waals surface area contributed by atoms with Gasteiger partial charge in [0, 0.05) is 12.1 Å². The van der Waals surface area contributed by atoms with Crippen molar-refractivity contribution in [3.63, 3.8) is 0 Å². The van der Waals surface area contributed by atoms with Crippen LogP contribution in [0.2, 0.25) is 5.02 Å². The molecule has 21 heavy (non-hydrogen) atoms. The molecular formula is C12H12ClF2N5O. The van der Waals surface area contributed by atoms with Crippen molar-refractivity contribution in [3.8, 4) is 0 Å². The highest BCUT2D eigenvalue weighted by molar-refractivity contribution is 6.30. The molecule has 1 heterocycles. The van der Waals surface area contributed by atoms with E-state index in [1.165, 1.54) is 0 Å². The van der Waals surface area contributed by atoms with E-state index < -0.39 is 17.7 Å². The van der Waals surface area contributed by atoms with Gasteiger partial charge < -0.3 is 10.6 Å². The Morgan fingerprint density at radius 2 is 2.00 bits per heavy atom. The molecule has 2 amide bonds. The monoisotopic (exact) mass is 315 g/mol. The fourth-order valence-corrected chi connectivity index (χ4v) is 1.71. The van der Waals surface area contributed by atoms with Crippen LogP contribution in [0.25, 0.3) is 0 Å². The number of hydrogen-bond acceptors (Lipinski definition) is 3. The lowest BCUT2D eigenvalue weighted by atomic mass is 10.2. The fourth-order valence-electron chi connectivity index (χ4n) is 1.56. The molecule has 0 aliphatic rings. The molecule has 0 unspecified atom stereocenters. The van der Waals surface area contributed by atoms with E-state index in [0.29, 0.717) is 11.6 Å². The Morgan fingerprint density at radius 1 is 1.29 bits per heavy atom. The third kappa shape index (κ3) is 4.12. The number of hydrogen-bond donors (Lipinski definition) is 3. The van der Waals surface area contributed by atoms with E-state index in [4.69, 9.17) is 11.6 Å². The summed E-state index contributed by atoms with van der Waals surface area (Å²) in [6, 6.07) is 1.26. The number of nitrogens with zero attached hydrogens (tertiary/aromatic N) is 2. The number of benzene rings is 1. The first-order chi connectivity index (χ1) is 9.95. The van der Waals surface area contributed by atoms with Crippen LogP contribution in [0.1, 0.15) is 17.2 Å². The quantitative estimate of drug-likeness (QED) is 0.755. The number of carbonyl (C=O) groups is 1. The minimum Gasteiger partial charge on any atom is -0.334 e. The van der Waals surface area contributed by atoms with Gasteiger partial charge in [-0.15, -0.1) is 0 Å². The zero-order valence-corrected chi connectivity index (χ0v) is 11.8. The molecule has 6 nitrogen and oxygen atoms in total. The van der Waals surface area contributed by atoms with Crippen molar-refractivity contribution in [2.45, 2.75) is 20.0 Å². The highest BCUT2D eigenvalue weighted by Crippen LogP contribution is 2.19. The van der Waals surface area contributed by atoms with Gasteiger partial charge in [0.2, 0.25) is 0 Å². The van der Waals surface area contributed by atoms with E-state index in [-0.39, 0.29) is 23.7 Å². The molecule has 0 saturated heterocycles. The van der Waals surface area contributed by atoms with Crippen molar-refractivity contribution in [2.75, 3.05) is 0 Å². The smallest absolute Gasteiger partial charge is 0.315 e. The first-order valence-electron chi connectivity index (χ1n) is 5.98. The number of aromatic amines is 1. The predicted octanol–water partition coefficient (Wildman–Crippen LogP) is 2.04. The number of amides is 2. The number of rotatable bonds is 4. The van der Waals surface area contributed by atoms with Crippen LogP contribution in [0.3, 0.4) is 0 Å². The molecule has 2 rings (SSSR count). The normalized spacial score (nSPS) is 10.5. The first kappa shape index (κ1) is 15.2. The maximum atomic E-state index is 13.5. The molecule has 3 N–H and O–H groups in total. The van der Waals surface area contributed by atoms with Crippen molar-refractivity contribution < 1.29 is 13.6 Å². The molecule has 0 bridgehead atoms. The Bertz CT molecular complexity index is 661. The van der Waals surface area contributed by atoms with E-state index in [2.05, 4.69) is 25.8 Å². The fraction of sp³-hybridized carbons (Fsp3) is 0.250. The van der Waals surface area contributed by atoms with Gasteiger partial charge in [-0.1, -0.05) is 11.6 Å². The van der Waals surface area contributed by atoms with Crippen LogP contribution >= 0.6 is 11.6 Å². The van der Waals surface area contributed by atoms with Crippen molar-refractivity contribution >= 4 is 17.6 Å². The first-order valence-corrected chi connectivity index (χ1v) is 6.36. The average Bonchev–Trinajstić information content (AvgIpc) is 2.85. The standard InChI is InChI=1S/C12H12ClF2N5O/c1-6-18-11(20-19-6)5-17-12(21)16-4-7-2-10(15)8(13)3-9(7)14/h2-3H,4-5H2,1H3,(H2,16,17,21)(H,18,19,20). The molecule has 0 radical (unpaired) electrons. The minimum atomic E-state index is -0.744. The summed E-state index contributed by atoms with van der Waals surface area (Å²) < 4.78 is 26.7. The number of urea groups is 1. The van der Waals surface area contributed by atoms with Crippen molar-refractivity contribution in [2.24, 2.45) is 0 Å². The van der Waals surface area contributed by atoms with Crippen molar-refractivity contribution in [3.05, 3.63) is 46.0 Å². The summed E-state index contributed by atoms with van der Waals surface area (Å²) in [4.78, 5) is 15.5. The Balaban J connectivity index is 1.85. The Kier molecular flexibility index (Phi) is 4.69. The van der Waals surface area contributed by atoms with Crippen LogP contribution < -0.4 is 10.6 Å². The number of nitrogens with one attached hydrogen (secondary N) is 3. The SMILES string of the molecule is Cc1nc(CNC(=O)NCc2cc(F)c(Cl)cc2F)n[nH]1. The number of aromatic nitrogens is 3. The van der Waals surface area contributed by atoms with E-state index in [1.807, 2.05) is 0 Å². The molecule has 2 aromatic rings. The summed E-state index contributed by atoms with van der Waals surface area (Å²) >= 11 is 5.44. The Morgan fingerprint density at radius 3 is 2.67 bits per heavy atom. The molecule has 1 aromatic heterocycles. The van der Waals surface area contributed by atoms with Gasteiger partial charge >= 0.3 is 6.03 Å². The van der Waals surface area contributed by atoms with Gasteiger partial charge in [0.15, 0.2) is 5.82 Å². The molecule has 0 spiro atoms. The Labute approximate surface area is 123 Å². The Hall–Kier alpha value is -2.22. The number of carbonyl (C=O) groups excluding carboxylic acids is 1. The van der Waals surface area contributed by atoms with Crippen molar-refractivity contribution in [1.82, 2.24) is 25.8 Å². The number of aryl methyl sites for hydroxylation is 1. The molecule has 0 saturated carbocycles. The van der Waals surface area contributed by atoms with Gasteiger partial charge in [-0.05, 0) is 19.1 Å². The second-order valence-electron chi connectivity index (χ2n) is 4.23. The van der Waals surface area contributed by atoms with Crippen LogP contribution in [0.5, 0.6) is 0 Å². The minimum absolute atomic E-state index is 0.000730. The largest absolute Gasteiger partial charge is 0.334 e. The topological polar surface area (TPSA) is 82.7 Å². The molecule has 0 aliphatic heterocycles. The van der Waals surface area contributed by atoms with Crippen molar-refractivity contribution in [1.29, 1.82) is 0 Å². The maximum Gasteiger partial charge on any atom is 0.315 e. The van der Waals surface area contributed by atoms with E-state index in [9.17, 15) is 13.6 Å². The second kappa shape index (κ2) is 6.49. The lowest BCUT2D eigenvalue weighted by Gasteiger charge is -2.08. The van der Waals surface area contributed by atoms with Gasteiger partial charge in [-0.2, -0.15) is 5.10 Å². The lowest BCUT2D eigenvalue weighted by Crippen LogP contribution is -2.35. The van der Waals surface area contributed by atoms with Gasteiger partial charge in [0.1, 0.15) is 17.5 Å². The zero-order valence-electron chi connectivity index (χ0n) is 11.0. The van der Waals surface area contributed by atoms with E-state index in [1.54, 1.807) is 6.92 Å². The van der Waals surface area contributed by atoms with Gasteiger partial charge in [0.25, 0.3) is 0 Å². The van der Waals surface area contributed by atoms with Crippen LogP contribution in [0, 0.1) is 18.6 Å². The predicted molar refractivity (Wildman–Crippen MR) is 71.6 cm³/mol. The molecular weight excluding hydrogens is 304 g/mol. The number of halogens is 3. The summed E-state index contributed by atoms with van der Waals surface area (Å²) in [5, 5.41) is 11.1. The molecule has 9 heteroatoms. The lowest BCUT2D eigenvalue weighted by molar-refractivity contribution is 0.239. The molecule has 0 atom stereocenters. The zero-order chi connectivity index (χ0) is 15.4. The summed E-state index contributed by atoms with van der Waals surface area (Å²) in [6.45, 7) is 1.68. The van der Waals surface area contributed by atoms with Crippen LogP contribution in [-0.2, 0) is 13.1 Å². The highest BCUT2D eigenvalue weighted by atomic mass is 35.5. The van der Waals surface area contributed by atoms with Gasteiger partial charge in [-0.3, -0.25) is 5.10 Å². The van der Waals surface area contributed by atoms with Gasteiger partial charge in [0.05, 0.1) is 11.6 Å². The van der Waals surface area contributed by atoms with Crippen LogP contribution in [-0.4, -0.2) is 21.2 Å². The van der Waals surface area contributed by atoms with Crippen LogP contribution in [0.15, 0.2) is 12.1 Å². The summed E-state index contributed by atoms with van der Waals surface area (Å²) in [5.74, 6) is -0.380. The third-order valence-electron chi connectivity index (χ3n) is 2.58. The average molecular weight is 316 g/mol. The second-order valence-corrected chi connectivity index (χ2v) is 4.64. The molecule has 1 aromatic carbocycles. The van der Waals surface area contributed by atoms with Crippen LogP contribution in [0.4, 0.5) is 13.6 Å². The summed E-state index contributed by atoms with van der Waals surface area (Å²) in [7, 11) is 0. The van der Waals surface area contributed by atoms with E-state index in [0.717, 1.165) is 12.1 Å². The maximum absolute atomic E-state index is 13.5.